The zero-order valence-corrected chi connectivity index (χ0v) is 10.1. The summed E-state index contributed by atoms with van der Waals surface area (Å²) in [5, 5.41) is 26.5. The highest BCUT2D eigenvalue weighted by molar-refractivity contribution is 8.17. The van der Waals surface area contributed by atoms with Crippen LogP contribution in [0.5, 0.6) is 0 Å². The Kier molecular flexibility index (Phi) is 3.98. The van der Waals surface area contributed by atoms with Crippen molar-refractivity contribution in [2.45, 2.75) is 20.3 Å². The molecule has 0 aromatic heterocycles. The fourth-order valence-electron chi connectivity index (χ4n) is 1.82. The molecule has 0 saturated heterocycles. The van der Waals surface area contributed by atoms with Gasteiger partial charge in [0.25, 0.3) is 0 Å². The molecule has 0 aliphatic carbocycles. The third-order valence-corrected chi connectivity index (χ3v) is 3.44. The van der Waals surface area contributed by atoms with Crippen molar-refractivity contribution in [1.29, 1.82) is 15.9 Å². The summed E-state index contributed by atoms with van der Waals surface area (Å²) in [6.45, 7) is 4.07. The van der Waals surface area contributed by atoms with Crippen molar-refractivity contribution in [2.75, 3.05) is 0 Å². The average Bonchev–Trinajstić information content (AvgIpc) is 2.17. The molecule has 0 amide bonds. The summed E-state index contributed by atoms with van der Waals surface area (Å²) in [5.74, 6) is -0.369. The summed E-state index contributed by atoms with van der Waals surface area (Å²) in [4.78, 5) is 0. The molecule has 1 rings (SSSR count). The van der Waals surface area contributed by atoms with Crippen molar-refractivity contribution in [1.82, 2.24) is 0 Å². The van der Waals surface area contributed by atoms with Crippen molar-refractivity contribution in [2.24, 2.45) is 23.5 Å². The lowest BCUT2D eigenvalue weighted by Crippen LogP contribution is -2.29. The van der Waals surface area contributed by atoms with E-state index in [-0.39, 0.29) is 11.0 Å². The maximum atomic E-state index is 9.07. The van der Waals surface area contributed by atoms with Crippen LogP contribution in [0.4, 0.5) is 0 Å². The third kappa shape index (κ3) is 2.37. The molecule has 1 heterocycles. The summed E-state index contributed by atoms with van der Waals surface area (Å²) in [7, 11) is 0. The first-order valence-electron chi connectivity index (χ1n) is 5.06. The van der Waals surface area contributed by atoms with Gasteiger partial charge in [-0.1, -0.05) is 25.6 Å². The second-order valence-electron chi connectivity index (χ2n) is 4.20. The molecule has 2 atom stereocenters. The molecule has 16 heavy (non-hydrogen) atoms. The smallest absolute Gasteiger partial charge is 0.102 e. The van der Waals surface area contributed by atoms with Gasteiger partial charge in [-0.15, -0.1) is 0 Å². The van der Waals surface area contributed by atoms with Crippen molar-refractivity contribution in [3.8, 4) is 12.1 Å². The minimum absolute atomic E-state index is 0.219. The van der Waals surface area contributed by atoms with E-state index in [2.05, 4.69) is 12.1 Å². The van der Waals surface area contributed by atoms with E-state index in [1.54, 1.807) is 0 Å². The molecular weight excluding hydrogens is 220 g/mol. The third-order valence-electron chi connectivity index (χ3n) is 2.53. The molecule has 5 heteroatoms. The van der Waals surface area contributed by atoms with Gasteiger partial charge in [0, 0.05) is 5.92 Å². The topological polar surface area (TPSA) is 97.4 Å². The Balaban J connectivity index is 3.13. The second kappa shape index (κ2) is 5.05. The van der Waals surface area contributed by atoms with E-state index in [9.17, 15) is 0 Å². The molecule has 84 valence electrons. The molecule has 0 radical (unpaired) electrons. The van der Waals surface area contributed by atoms with Gasteiger partial charge in [-0.05, 0) is 12.3 Å². The summed E-state index contributed by atoms with van der Waals surface area (Å²) >= 11 is 1.03. The van der Waals surface area contributed by atoms with Gasteiger partial charge in [-0.25, -0.2) is 0 Å². The molecule has 0 unspecified atom stereocenters. The number of nitrogens with one attached hydrogen (secondary N) is 1. The molecule has 1 aliphatic rings. The minimum Gasteiger partial charge on any atom is -0.392 e. The molecule has 1 aliphatic heterocycles. The largest absolute Gasteiger partial charge is 0.392 e. The molecular formula is C11H14N4S. The van der Waals surface area contributed by atoms with Crippen LogP contribution in [0.1, 0.15) is 20.3 Å². The van der Waals surface area contributed by atoms with Gasteiger partial charge in [0.15, 0.2) is 0 Å². The number of hydrogen-bond acceptors (Lipinski definition) is 5. The molecule has 0 saturated carbocycles. The van der Waals surface area contributed by atoms with Gasteiger partial charge in [0.2, 0.25) is 0 Å². The highest BCUT2D eigenvalue weighted by atomic mass is 32.2. The van der Waals surface area contributed by atoms with Crippen LogP contribution in [0, 0.1) is 45.8 Å². The van der Waals surface area contributed by atoms with Crippen molar-refractivity contribution in [3.63, 3.8) is 0 Å². The van der Waals surface area contributed by atoms with Crippen LogP contribution >= 0.6 is 11.8 Å². The Morgan fingerprint density at radius 2 is 2.12 bits per heavy atom. The van der Waals surface area contributed by atoms with Crippen LogP contribution in [0.2, 0.25) is 0 Å². The van der Waals surface area contributed by atoms with Crippen LogP contribution in [-0.2, 0) is 0 Å². The highest BCUT2D eigenvalue weighted by Gasteiger charge is 2.35. The Hall–Kier alpha value is -1.46. The number of nitrogens with zero attached hydrogens (tertiary/aromatic N) is 2. The monoisotopic (exact) mass is 234 g/mol. The fourth-order valence-corrected chi connectivity index (χ4v) is 2.71. The van der Waals surface area contributed by atoms with Crippen LogP contribution in [-0.4, -0.2) is 5.04 Å². The van der Waals surface area contributed by atoms with Crippen LogP contribution in [0.25, 0.3) is 0 Å². The first-order valence-corrected chi connectivity index (χ1v) is 5.88. The van der Waals surface area contributed by atoms with Crippen molar-refractivity contribution < 1.29 is 0 Å². The fraction of sp³-hybridized carbons (Fsp3) is 0.545. The zero-order valence-electron chi connectivity index (χ0n) is 9.32. The number of allylic oxidation sites excluding steroid dienone is 1. The Morgan fingerprint density at radius 3 is 2.56 bits per heavy atom. The summed E-state index contributed by atoms with van der Waals surface area (Å²) < 4.78 is 0. The predicted molar refractivity (Wildman–Crippen MR) is 64.2 cm³/mol. The van der Waals surface area contributed by atoms with Crippen molar-refractivity contribution in [3.05, 3.63) is 10.6 Å². The van der Waals surface area contributed by atoms with E-state index < -0.39 is 5.92 Å². The Labute approximate surface area is 99.6 Å². The van der Waals surface area contributed by atoms with Crippen molar-refractivity contribution >= 4 is 16.8 Å². The predicted octanol–water partition coefficient (Wildman–Crippen LogP) is 2.21. The van der Waals surface area contributed by atoms with Gasteiger partial charge in [-0.3, -0.25) is 5.41 Å². The molecule has 0 spiro atoms. The normalized spacial score (nSPS) is 25.4. The zero-order chi connectivity index (χ0) is 12.3. The number of rotatable bonds is 2. The number of nitrogens with two attached hydrogens (primary N) is 1. The lowest BCUT2D eigenvalue weighted by Gasteiger charge is -2.28. The number of hydrogen-bond donors (Lipinski definition) is 2. The van der Waals surface area contributed by atoms with Gasteiger partial charge < -0.3 is 5.73 Å². The summed E-state index contributed by atoms with van der Waals surface area (Å²) in [6.07, 6.45) is 0.713. The number of thioether (sulfide) groups is 1. The quantitative estimate of drug-likeness (QED) is 0.765. The second-order valence-corrected chi connectivity index (χ2v) is 5.28. The Morgan fingerprint density at radius 1 is 1.50 bits per heavy atom. The van der Waals surface area contributed by atoms with Crippen LogP contribution in [0.3, 0.4) is 0 Å². The molecule has 4 nitrogen and oxygen atoms in total. The molecule has 3 N–H and O–H groups in total. The van der Waals surface area contributed by atoms with Gasteiger partial charge >= 0.3 is 0 Å². The first-order chi connectivity index (χ1) is 7.51. The molecule has 0 aromatic rings. The minimum atomic E-state index is -0.519. The van der Waals surface area contributed by atoms with Crippen LogP contribution in [0.15, 0.2) is 10.6 Å². The summed E-state index contributed by atoms with van der Waals surface area (Å²) in [5.41, 5.74) is 6.21. The highest BCUT2D eigenvalue weighted by Crippen LogP contribution is 2.39. The number of nitriles is 2. The van der Waals surface area contributed by atoms with Crippen LogP contribution < -0.4 is 5.73 Å². The average molecular weight is 234 g/mol. The first kappa shape index (κ1) is 12.6. The maximum absolute atomic E-state index is 9.07. The molecule has 0 fully saturated rings. The van der Waals surface area contributed by atoms with E-state index in [1.807, 2.05) is 13.8 Å². The van der Waals surface area contributed by atoms with E-state index >= 15 is 0 Å². The molecule has 0 aromatic carbocycles. The van der Waals surface area contributed by atoms with E-state index in [0.29, 0.717) is 22.9 Å². The Bertz CT molecular complexity index is 411. The van der Waals surface area contributed by atoms with E-state index in [0.717, 1.165) is 11.8 Å². The maximum Gasteiger partial charge on any atom is 0.102 e. The van der Waals surface area contributed by atoms with Gasteiger partial charge in [-0.2, -0.15) is 10.5 Å². The summed E-state index contributed by atoms with van der Waals surface area (Å²) in [6, 6.07) is 4.19. The van der Waals surface area contributed by atoms with E-state index in [4.69, 9.17) is 21.7 Å². The van der Waals surface area contributed by atoms with E-state index in [1.165, 1.54) is 0 Å². The lowest BCUT2D eigenvalue weighted by molar-refractivity contribution is 0.435. The SMILES string of the molecule is CC(C)C[C@H]1C(C#N)=C(N)SC(=N)[C@H]1C#N. The lowest BCUT2D eigenvalue weighted by atomic mass is 9.81. The molecule has 0 bridgehead atoms. The van der Waals surface area contributed by atoms with Gasteiger partial charge in [0.1, 0.15) is 5.92 Å². The standard InChI is InChI=1S/C11H14N4S/c1-6(2)3-7-8(4-12)10(14)16-11(15)9(7)5-13/h6-8,14H,3,15H2,1-2H3/t7-,8+/m1/s1. The van der Waals surface area contributed by atoms with Gasteiger partial charge in [0.05, 0.1) is 27.8 Å².